The first kappa shape index (κ1) is 15.4. The smallest absolute Gasteiger partial charge is 0.358 e. The van der Waals surface area contributed by atoms with E-state index in [1.54, 1.807) is 0 Å². The number of esters is 1. The Morgan fingerprint density at radius 1 is 1.50 bits per heavy atom. The monoisotopic (exact) mass is 319 g/mol. The van der Waals surface area contributed by atoms with Crippen LogP contribution < -0.4 is 0 Å². The minimum atomic E-state index is -3.70. The molecule has 1 aliphatic heterocycles. The van der Waals surface area contributed by atoms with Gasteiger partial charge in [0.25, 0.3) is 10.0 Å². The Hall–Kier alpha value is -1.03. The molecule has 1 saturated heterocycles. The molecule has 7 nitrogen and oxygen atoms in total. The lowest BCUT2D eigenvalue weighted by molar-refractivity contribution is 0.0590. The Bertz CT molecular complexity index is 599. The van der Waals surface area contributed by atoms with E-state index in [0.717, 1.165) is 11.3 Å². The first-order valence-electron chi connectivity index (χ1n) is 6.10. The molecule has 0 radical (unpaired) electrons. The zero-order chi connectivity index (χ0) is 14.9. The summed E-state index contributed by atoms with van der Waals surface area (Å²) in [4.78, 5) is 17.5. The summed E-state index contributed by atoms with van der Waals surface area (Å²) in [6.45, 7) is 3.43. The van der Waals surface area contributed by atoms with Gasteiger partial charge < -0.3 is 9.64 Å². The van der Waals surface area contributed by atoms with Gasteiger partial charge in [0, 0.05) is 25.7 Å². The predicted molar refractivity (Wildman–Crippen MR) is 74.3 cm³/mol. The van der Waals surface area contributed by atoms with Crippen LogP contribution >= 0.6 is 11.3 Å². The van der Waals surface area contributed by atoms with Crippen molar-refractivity contribution in [3.8, 4) is 0 Å². The second-order valence-electron chi connectivity index (χ2n) is 4.67. The van der Waals surface area contributed by atoms with Crippen molar-refractivity contribution in [3.63, 3.8) is 0 Å². The number of methoxy groups -OCH3 is 1. The number of likely N-dealkylation sites (N-methyl/N-ethyl adjacent to an activating group) is 1. The molecule has 0 saturated carbocycles. The Morgan fingerprint density at radius 3 is 2.80 bits per heavy atom. The molecule has 2 rings (SSSR count). The van der Waals surface area contributed by atoms with E-state index >= 15 is 0 Å². The fourth-order valence-corrected chi connectivity index (χ4v) is 4.78. The molecule has 1 fully saturated rings. The Morgan fingerprint density at radius 2 is 2.20 bits per heavy atom. The summed E-state index contributed by atoms with van der Waals surface area (Å²) in [5.41, 5.74) is 1.21. The van der Waals surface area contributed by atoms with Crippen molar-refractivity contribution >= 4 is 27.3 Å². The third-order valence-electron chi connectivity index (χ3n) is 3.41. The van der Waals surface area contributed by atoms with E-state index in [4.69, 9.17) is 0 Å². The zero-order valence-corrected chi connectivity index (χ0v) is 13.2. The molecule has 9 heteroatoms. The molecule has 20 heavy (non-hydrogen) atoms. The minimum Gasteiger partial charge on any atom is -0.464 e. The normalized spacial score (nSPS) is 21.9. The Balaban J connectivity index is 2.32. The van der Waals surface area contributed by atoms with Crippen LogP contribution in [0.5, 0.6) is 0 Å². The largest absolute Gasteiger partial charge is 0.464 e. The van der Waals surface area contributed by atoms with Gasteiger partial charge in [0.2, 0.25) is 0 Å². The predicted octanol–water partition coefficient (Wildman–Crippen LogP) is 0.254. The summed E-state index contributed by atoms with van der Waals surface area (Å²) < 4.78 is 31.2. The molecule has 0 aromatic carbocycles. The van der Waals surface area contributed by atoms with Gasteiger partial charge in [0.1, 0.15) is 0 Å². The third kappa shape index (κ3) is 2.71. The Kier molecular flexibility index (Phi) is 4.43. The molecule has 1 aromatic heterocycles. The van der Waals surface area contributed by atoms with Gasteiger partial charge in [0.15, 0.2) is 9.90 Å². The second kappa shape index (κ2) is 5.76. The van der Waals surface area contributed by atoms with Crippen molar-refractivity contribution in [1.29, 1.82) is 0 Å². The van der Waals surface area contributed by atoms with Crippen LogP contribution in [-0.2, 0) is 14.8 Å². The van der Waals surface area contributed by atoms with Crippen LogP contribution in [0.3, 0.4) is 0 Å². The maximum atomic E-state index is 12.6. The van der Waals surface area contributed by atoms with Crippen LogP contribution in [0.1, 0.15) is 17.4 Å². The molecule has 0 spiro atoms. The maximum absolute atomic E-state index is 12.6. The molecule has 1 unspecified atom stereocenters. The highest BCUT2D eigenvalue weighted by molar-refractivity contribution is 7.91. The van der Waals surface area contributed by atoms with Crippen molar-refractivity contribution in [2.45, 2.75) is 17.2 Å². The average Bonchev–Trinajstić information content (AvgIpc) is 2.90. The van der Waals surface area contributed by atoms with E-state index in [1.165, 1.54) is 16.9 Å². The van der Waals surface area contributed by atoms with Gasteiger partial charge in [0.05, 0.1) is 12.6 Å². The molecule has 2 heterocycles. The molecule has 0 aliphatic carbocycles. The number of carbonyl (C=O) groups is 1. The maximum Gasteiger partial charge on any atom is 0.358 e. The van der Waals surface area contributed by atoms with Gasteiger partial charge in [-0.2, -0.15) is 4.31 Å². The van der Waals surface area contributed by atoms with Crippen molar-refractivity contribution in [2.24, 2.45) is 0 Å². The number of nitrogens with zero attached hydrogens (tertiary/aromatic N) is 3. The van der Waals surface area contributed by atoms with Gasteiger partial charge in [-0.05, 0) is 14.0 Å². The SMILES string of the molecule is COC(=O)c1ncsc1S(=O)(=O)N1CCN(C)C(C)C1. The molecule has 0 N–H and O–H groups in total. The quantitative estimate of drug-likeness (QED) is 0.743. The van der Waals surface area contributed by atoms with Crippen LogP contribution in [0, 0.1) is 0 Å². The van der Waals surface area contributed by atoms with E-state index in [0.29, 0.717) is 19.6 Å². The number of ether oxygens (including phenoxy) is 1. The summed E-state index contributed by atoms with van der Waals surface area (Å²) in [5, 5.41) is 0. The van der Waals surface area contributed by atoms with Crippen LogP contribution in [0.25, 0.3) is 0 Å². The topological polar surface area (TPSA) is 79.8 Å². The van der Waals surface area contributed by atoms with Crippen LogP contribution in [0.4, 0.5) is 0 Å². The van der Waals surface area contributed by atoms with E-state index < -0.39 is 16.0 Å². The number of piperazine rings is 1. The molecule has 1 aliphatic rings. The number of sulfonamides is 1. The number of hydrogen-bond donors (Lipinski definition) is 0. The molecular formula is C11H17N3O4S2. The van der Waals surface area contributed by atoms with Gasteiger partial charge in [-0.1, -0.05) is 0 Å². The number of aromatic nitrogens is 1. The highest BCUT2D eigenvalue weighted by Gasteiger charge is 2.35. The van der Waals surface area contributed by atoms with Gasteiger partial charge in [-0.25, -0.2) is 18.2 Å². The van der Waals surface area contributed by atoms with Crippen LogP contribution in [0.15, 0.2) is 9.72 Å². The van der Waals surface area contributed by atoms with Gasteiger partial charge in [-0.15, -0.1) is 11.3 Å². The summed E-state index contributed by atoms with van der Waals surface area (Å²) in [6.07, 6.45) is 0. The van der Waals surface area contributed by atoms with Gasteiger partial charge in [-0.3, -0.25) is 0 Å². The van der Waals surface area contributed by atoms with Crippen molar-refractivity contribution in [2.75, 3.05) is 33.8 Å². The van der Waals surface area contributed by atoms with E-state index in [-0.39, 0.29) is 15.9 Å². The summed E-state index contributed by atoms with van der Waals surface area (Å²) in [6, 6.07) is 0.132. The lowest BCUT2D eigenvalue weighted by Crippen LogP contribution is -2.51. The number of carbonyl (C=O) groups excluding carboxylic acids is 1. The Labute approximate surface area is 122 Å². The highest BCUT2D eigenvalue weighted by Crippen LogP contribution is 2.26. The second-order valence-corrected chi connectivity index (χ2v) is 7.66. The number of hydrogen-bond acceptors (Lipinski definition) is 7. The van der Waals surface area contributed by atoms with E-state index in [2.05, 4.69) is 14.6 Å². The average molecular weight is 319 g/mol. The zero-order valence-electron chi connectivity index (χ0n) is 11.6. The molecule has 1 atom stereocenters. The van der Waals surface area contributed by atoms with Crippen LogP contribution in [0.2, 0.25) is 0 Å². The lowest BCUT2D eigenvalue weighted by Gasteiger charge is -2.36. The summed E-state index contributed by atoms with van der Waals surface area (Å²) >= 11 is 0.941. The van der Waals surface area contributed by atoms with Crippen molar-refractivity contribution in [1.82, 2.24) is 14.2 Å². The van der Waals surface area contributed by atoms with Crippen molar-refractivity contribution < 1.29 is 17.9 Å². The first-order valence-corrected chi connectivity index (χ1v) is 8.42. The number of rotatable bonds is 3. The van der Waals surface area contributed by atoms with Gasteiger partial charge >= 0.3 is 5.97 Å². The summed E-state index contributed by atoms with van der Waals surface area (Å²) in [5.74, 6) is -0.730. The van der Waals surface area contributed by atoms with Crippen LogP contribution in [-0.4, -0.2) is 68.4 Å². The van der Waals surface area contributed by atoms with E-state index in [1.807, 2.05) is 14.0 Å². The standard InChI is InChI=1S/C11H17N3O4S2/c1-8-6-14(5-4-13(8)2)20(16,17)11-9(10(15)18-3)12-7-19-11/h7-8H,4-6H2,1-3H3. The molecule has 0 bridgehead atoms. The number of thiazole rings is 1. The van der Waals surface area contributed by atoms with E-state index in [9.17, 15) is 13.2 Å². The molecule has 0 amide bonds. The fourth-order valence-electron chi connectivity index (χ4n) is 2.00. The fraction of sp³-hybridized carbons (Fsp3) is 0.636. The lowest BCUT2D eigenvalue weighted by atomic mass is 10.2. The highest BCUT2D eigenvalue weighted by atomic mass is 32.2. The molecule has 1 aromatic rings. The van der Waals surface area contributed by atoms with Crippen molar-refractivity contribution in [3.05, 3.63) is 11.2 Å². The minimum absolute atomic E-state index is 0.0406. The third-order valence-corrected chi connectivity index (χ3v) is 6.62. The molecule has 112 valence electrons. The first-order chi connectivity index (χ1) is 9.37. The summed E-state index contributed by atoms with van der Waals surface area (Å²) in [7, 11) is -0.535. The molecular weight excluding hydrogens is 302 g/mol.